The van der Waals surface area contributed by atoms with E-state index in [9.17, 15) is 4.39 Å². The van der Waals surface area contributed by atoms with Crippen molar-refractivity contribution in [1.29, 1.82) is 0 Å². The molecule has 0 saturated heterocycles. The van der Waals surface area contributed by atoms with E-state index in [4.69, 9.17) is 10.8 Å². The fourth-order valence-corrected chi connectivity index (χ4v) is 2.08. The van der Waals surface area contributed by atoms with Crippen molar-refractivity contribution in [2.75, 3.05) is 13.2 Å². The number of halogens is 2. The molecule has 0 aliphatic rings. The first-order chi connectivity index (χ1) is 8.49. The Labute approximate surface area is 116 Å². The summed E-state index contributed by atoms with van der Waals surface area (Å²) in [5.41, 5.74) is 6.25. The molecule has 0 aromatic heterocycles. The van der Waals surface area contributed by atoms with E-state index in [0.717, 1.165) is 4.47 Å². The lowest BCUT2D eigenvalue weighted by Gasteiger charge is -2.26. The molecule has 0 fully saturated rings. The molecule has 0 radical (unpaired) electrons. The maximum atomic E-state index is 13.8. The molecule has 1 aromatic rings. The van der Waals surface area contributed by atoms with Crippen LogP contribution in [0.15, 0.2) is 22.7 Å². The quantitative estimate of drug-likeness (QED) is 0.753. The highest BCUT2D eigenvalue weighted by molar-refractivity contribution is 9.10. The Bertz CT molecular complexity index is 389. The Morgan fingerprint density at radius 2 is 2.11 bits per heavy atom. The number of benzene rings is 1. The van der Waals surface area contributed by atoms with Crippen LogP contribution < -0.4 is 11.1 Å². The zero-order valence-electron chi connectivity index (χ0n) is 10.7. The van der Waals surface area contributed by atoms with Gasteiger partial charge < -0.3 is 16.2 Å². The number of aliphatic hydroxyl groups excluding tert-OH is 1. The molecule has 0 heterocycles. The number of rotatable bonds is 6. The zero-order chi connectivity index (χ0) is 13.7. The fraction of sp³-hybridized carbons (Fsp3) is 0.538. The van der Waals surface area contributed by atoms with Crippen molar-refractivity contribution in [3.05, 3.63) is 34.1 Å². The largest absolute Gasteiger partial charge is 0.396 e. The third-order valence-electron chi connectivity index (χ3n) is 3.17. The summed E-state index contributed by atoms with van der Waals surface area (Å²) in [5, 5.41) is 12.4. The number of hydrogen-bond acceptors (Lipinski definition) is 3. The van der Waals surface area contributed by atoms with Crippen LogP contribution in [0.5, 0.6) is 0 Å². The summed E-state index contributed by atoms with van der Waals surface area (Å²) in [6.07, 6.45) is 0. The van der Waals surface area contributed by atoms with Gasteiger partial charge in [-0.3, -0.25) is 0 Å². The van der Waals surface area contributed by atoms with Gasteiger partial charge in [-0.25, -0.2) is 4.39 Å². The lowest BCUT2D eigenvalue weighted by atomic mass is 10.0. The maximum absolute atomic E-state index is 13.8. The Morgan fingerprint density at radius 3 is 2.67 bits per heavy atom. The van der Waals surface area contributed by atoms with Crippen molar-refractivity contribution in [2.45, 2.75) is 25.9 Å². The SMILES string of the molecule is CC(CO)C(C)NC(CN)c1cc(Br)ccc1F. The Kier molecular flexibility index (Phi) is 6.21. The highest BCUT2D eigenvalue weighted by atomic mass is 79.9. The molecular weight excluding hydrogens is 299 g/mol. The average Bonchev–Trinajstić information content (AvgIpc) is 2.37. The van der Waals surface area contributed by atoms with Crippen LogP contribution in [0.1, 0.15) is 25.5 Å². The zero-order valence-corrected chi connectivity index (χ0v) is 12.2. The van der Waals surface area contributed by atoms with E-state index < -0.39 is 0 Å². The van der Waals surface area contributed by atoms with Crippen LogP contribution in [0.4, 0.5) is 4.39 Å². The molecule has 0 spiro atoms. The van der Waals surface area contributed by atoms with Crippen molar-refractivity contribution in [3.8, 4) is 0 Å². The second-order valence-electron chi connectivity index (χ2n) is 4.57. The Balaban J connectivity index is 2.86. The summed E-state index contributed by atoms with van der Waals surface area (Å²) in [6.45, 7) is 4.28. The van der Waals surface area contributed by atoms with Crippen LogP contribution in [0.3, 0.4) is 0 Å². The van der Waals surface area contributed by atoms with E-state index >= 15 is 0 Å². The van der Waals surface area contributed by atoms with E-state index in [1.54, 1.807) is 12.1 Å². The van der Waals surface area contributed by atoms with Gasteiger partial charge in [0.2, 0.25) is 0 Å². The standard InChI is InChI=1S/C13H20BrFN2O/c1-8(7-18)9(2)17-13(6-16)11-5-10(14)3-4-12(11)15/h3-5,8-9,13,17-18H,6-7,16H2,1-2H3. The summed E-state index contributed by atoms with van der Waals surface area (Å²) in [7, 11) is 0. The minimum absolute atomic E-state index is 0.0573. The van der Waals surface area contributed by atoms with Gasteiger partial charge in [0.15, 0.2) is 0 Å². The van der Waals surface area contributed by atoms with E-state index in [1.807, 2.05) is 13.8 Å². The van der Waals surface area contributed by atoms with E-state index in [-0.39, 0.29) is 30.4 Å². The predicted molar refractivity (Wildman–Crippen MR) is 74.7 cm³/mol. The summed E-state index contributed by atoms with van der Waals surface area (Å²) >= 11 is 3.33. The van der Waals surface area contributed by atoms with Gasteiger partial charge in [0.25, 0.3) is 0 Å². The number of aliphatic hydroxyl groups is 1. The van der Waals surface area contributed by atoms with E-state index in [2.05, 4.69) is 21.2 Å². The topological polar surface area (TPSA) is 58.3 Å². The smallest absolute Gasteiger partial charge is 0.128 e. The first-order valence-corrected chi connectivity index (χ1v) is 6.80. The molecule has 0 saturated carbocycles. The van der Waals surface area contributed by atoms with Crippen LogP contribution in [0.2, 0.25) is 0 Å². The van der Waals surface area contributed by atoms with E-state index in [0.29, 0.717) is 12.1 Å². The predicted octanol–water partition coefficient (Wildman–Crippen LogP) is 2.19. The summed E-state index contributed by atoms with van der Waals surface area (Å²) in [6, 6.07) is 4.61. The van der Waals surface area contributed by atoms with Crippen LogP contribution in [0.25, 0.3) is 0 Å². The molecular formula is C13H20BrFN2O. The molecule has 0 amide bonds. The van der Waals surface area contributed by atoms with Crippen molar-refractivity contribution >= 4 is 15.9 Å². The van der Waals surface area contributed by atoms with Crippen LogP contribution in [0, 0.1) is 11.7 Å². The van der Waals surface area contributed by atoms with Gasteiger partial charge in [-0.2, -0.15) is 0 Å². The summed E-state index contributed by atoms with van der Waals surface area (Å²) in [5.74, 6) is -0.181. The molecule has 3 unspecified atom stereocenters. The van der Waals surface area contributed by atoms with Crippen molar-refractivity contribution in [1.82, 2.24) is 5.32 Å². The minimum Gasteiger partial charge on any atom is -0.396 e. The van der Waals surface area contributed by atoms with Crippen LogP contribution in [-0.2, 0) is 0 Å². The first kappa shape index (κ1) is 15.6. The molecule has 3 nitrogen and oxygen atoms in total. The monoisotopic (exact) mass is 318 g/mol. The second kappa shape index (κ2) is 7.19. The Hall–Kier alpha value is -0.490. The second-order valence-corrected chi connectivity index (χ2v) is 5.48. The normalized spacial score (nSPS) is 16.3. The van der Waals surface area contributed by atoms with Gasteiger partial charge in [0.05, 0.1) is 0 Å². The molecule has 0 bridgehead atoms. The van der Waals surface area contributed by atoms with Crippen molar-refractivity contribution < 1.29 is 9.50 Å². The molecule has 5 heteroatoms. The van der Waals surface area contributed by atoms with Gasteiger partial charge in [-0.1, -0.05) is 22.9 Å². The first-order valence-electron chi connectivity index (χ1n) is 6.01. The highest BCUT2D eigenvalue weighted by Gasteiger charge is 2.19. The van der Waals surface area contributed by atoms with Crippen molar-refractivity contribution in [3.63, 3.8) is 0 Å². The van der Waals surface area contributed by atoms with Gasteiger partial charge in [-0.05, 0) is 31.0 Å². The Morgan fingerprint density at radius 1 is 1.44 bits per heavy atom. The van der Waals surface area contributed by atoms with Gasteiger partial charge in [0.1, 0.15) is 5.82 Å². The third kappa shape index (κ3) is 4.02. The van der Waals surface area contributed by atoms with Crippen molar-refractivity contribution in [2.24, 2.45) is 11.7 Å². The molecule has 0 aliphatic carbocycles. The number of hydrogen-bond donors (Lipinski definition) is 3. The summed E-state index contributed by atoms with van der Waals surface area (Å²) < 4.78 is 14.6. The molecule has 1 aromatic carbocycles. The lowest BCUT2D eigenvalue weighted by molar-refractivity contribution is 0.201. The fourth-order valence-electron chi connectivity index (χ4n) is 1.71. The highest BCUT2D eigenvalue weighted by Crippen LogP contribution is 2.22. The molecule has 102 valence electrons. The number of nitrogens with one attached hydrogen (secondary N) is 1. The molecule has 4 N–H and O–H groups in total. The number of nitrogens with two attached hydrogens (primary N) is 1. The molecule has 0 aliphatic heterocycles. The average molecular weight is 319 g/mol. The van der Waals surface area contributed by atoms with E-state index in [1.165, 1.54) is 6.07 Å². The van der Waals surface area contributed by atoms with Gasteiger partial charge >= 0.3 is 0 Å². The third-order valence-corrected chi connectivity index (χ3v) is 3.67. The lowest BCUT2D eigenvalue weighted by Crippen LogP contribution is -2.40. The maximum Gasteiger partial charge on any atom is 0.128 e. The molecule has 18 heavy (non-hydrogen) atoms. The molecule has 3 atom stereocenters. The molecule has 1 rings (SSSR count). The minimum atomic E-state index is -0.273. The van der Waals surface area contributed by atoms with Gasteiger partial charge in [0, 0.05) is 35.3 Å². The van der Waals surface area contributed by atoms with Crippen LogP contribution >= 0.6 is 15.9 Å². The van der Waals surface area contributed by atoms with Crippen LogP contribution in [-0.4, -0.2) is 24.3 Å². The van der Waals surface area contributed by atoms with Gasteiger partial charge in [-0.15, -0.1) is 0 Å². The summed E-state index contributed by atoms with van der Waals surface area (Å²) in [4.78, 5) is 0.